The highest BCUT2D eigenvalue weighted by Crippen LogP contribution is 2.76. The molecule has 0 aromatic heterocycles. The summed E-state index contributed by atoms with van der Waals surface area (Å²) in [6.45, 7) is 20.0. The van der Waals surface area contributed by atoms with E-state index in [2.05, 4.69) is 54.5 Å². The molecule has 0 spiro atoms. The maximum atomic E-state index is 13.1. The lowest BCUT2D eigenvalue weighted by Crippen LogP contribution is -2.66. The molecule has 38 heavy (non-hydrogen) atoms. The third kappa shape index (κ3) is 3.30. The second-order valence-electron chi connectivity index (χ2n) is 15.9. The monoisotopic (exact) mass is 524 g/mol. The minimum absolute atomic E-state index is 0.0311. The summed E-state index contributed by atoms with van der Waals surface area (Å²) in [6, 6.07) is 0. The standard InChI is InChI=1S/C34H52O4/c1-19-12-15-34(29(37)38)17-16-32(8)24(27(34)20(19)2)10-11-26-31(7)18-23(21(3)35)28(22(4)36)30(5,6)25(31)13-14-33(26,32)9/h10,19-20,23,25-28H,11-18H2,1-9H3,(H,37,38)/t19-,20+,23?,25?,26-,27+,28?,31+,32-,33-,34+/m1/s1. The van der Waals surface area contributed by atoms with Crippen molar-refractivity contribution in [1.29, 1.82) is 0 Å². The molecule has 212 valence electrons. The van der Waals surface area contributed by atoms with Gasteiger partial charge in [0.1, 0.15) is 11.6 Å². The fourth-order valence-corrected chi connectivity index (χ4v) is 12.2. The quantitative estimate of drug-likeness (QED) is 0.383. The zero-order chi connectivity index (χ0) is 28.2. The lowest BCUT2D eigenvalue weighted by atomic mass is 9.32. The van der Waals surface area contributed by atoms with Gasteiger partial charge in [0.05, 0.1) is 5.41 Å². The molecule has 4 nitrogen and oxygen atoms in total. The van der Waals surface area contributed by atoms with Crippen molar-refractivity contribution in [2.75, 3.05) is 0 Å². The van der Waals surface area contributed by atoms with E-state index in [1.807, 2.05) is 0 Å². The molecule has 0 radical (unpaired) electrons. The predicted molar refractivity (Wildman–Crippen MR) is 150 cm³/mol. The SMILES string of the molecule is CC(=O)C1C[C@@]2(C)C(CC[C@]3(C)[C@@H]2CC=C2[C@@H]4[C@@H](C)[C@H](C)CC[C@]4(C(=O)O)CC[C@]23C)C(C)(C)C1C(C)=O. The number of carbonyl (C=O) groups is 3. The van der Waals surface area contributed by atoms with Gasteiger partial charge in [-0.25, -0.2) is 0 Å². The Hall–Kier alpha value is -1.45. The number of hydrogen-bond acceptors (Lipinski definition) is 3. The Balaban J connectivity index is 1.63. The van der Waals surface area contributed by atoms with E-state index in [0.29, 0.717) is 23.7 Å². The molecule has 0 heterocycles. The van der Waals surface area contributed by atoms with Gasteiger partial charge in [0.15, 0.2) is 0 Å². The molecule has 5 rings (SSSR count). The number of rotatable bonds is 3. The van der Waals surface area contributed by atoms with Gasteiger partial charge in [0.25, 0.3) is 0 Å². The summed E-state index contributed by atoms with van der Waals surface area (Å²) in [5.41, 5.74) is 0.588. The van der Waals surface area contributed by atoms with Crippen molar-refractivity contribution < 1.29 is 19.5 Å². The Kier molecular flexibility index (Phi) is 6.30. The number of hydrogen-bond donors (Lipinski definition) is 1. The average Bonchev–Trinajstić information content (AvgIpc) is 2.80. The van der Waals surface area contributed by atoms with E-state index < -0.39 is 11.4 Å². The average molecular weight is 525 g/mol. The normalized spacial score (nSPS) is 51.4. The second kappa shape index (κ2) is 8.53. The highest BCUT2D eigenvalue weighted by molar-refractivity contribution is 5.88. The van der Waals surface area contributed by atoms with Crippen LogP contribution in [0, 0.1) is 68.5 Å². The molecule has 0 aliphatic heterocycles. The van der Waals surface area contributed by atoms with Crippen LogP contribution in [0.2, 0.25) is 0 Å². The van der Waals surface area contributed by atoms with Crippen LogP contribution >= 0.6 is 0 Å². The van der Waals surface area contributed by atoms with Gasteiger partial charge in [-0.05, 0) is 116 Å². The highest BCUT2D eigenvalue weighted by Gasteiger charge is 2.70. The molecule has 4 saturated carbocycles. The first-order chi connectivity index (χ1) is 17.5. The lowest BCUT2D eigenvalue weighted by Gasteiger charge is -2.72. The van der Waals surface area contributed by atoms with Gasteiger partial charge in [-0.3, -0.25) is 14.4 Å². The van der Waals surface area contributed by atoms with Crippen LogP contribution in [-0.2, 0) is 14.4 Å². The van der Waals surface area contributed by atoms with Crippen molar-refractivity contribution in [3.05, 3.63) is 11.6 Å². The molecule has 0 amide bonds. The van der Waals surface area contributed by atoms with Crippen LogP contribution in [0.5, 0.6) is 0 Å². The molecule has 1 N–H and O–H groups in total. The van der Waals surface area contributed by atoms with Crippen molar-refractivity contribution in [1.82, 2.24) is 0 Å². The Labute approximate surface area is 230 Å². The molecule has 4 fully saturated rings. The molecule has 4 heteroatoms. The summed E-state index contributed by atoms with van der Waals surface area (Å²) in [7, 11) is 0. The number of fused-ring (bicyclic) bond motifs is 7. The van der Waals surface area contributed by atoms with Gasteiger partial charge in [0, 0.05) is 11.8 Å². The summed E-state index contributed by atoms with van der Waals surface area (Å²) in [4.78, 5) is 38.9. The molecule has 3 unspecified atom stereocenters. The fraction of sp³-hybridized carbons (Fsp3) is 0.853. The van der Waals surface area contributed by atoms with Crippen LogP contribution in [0.3, 0.4) is 0 Å². The molecular formula is C34H52O4. The number of carboxylic acid groups (broad SMARTS) is 1. The van der Waals surface area contributed by atoms with Crippen molar-refractivity contribution in [3.63, 3.8) is 0 Å². The molecule has 11 atom stereocenters. The maximum Gasteiger partial charge on any atom is 0.310 e. The van der Waals surface area contributed by atoms with E-state index in [4.69, 9.17) is 0 Å². The van der Waals surface area contributed by atoms with Crippen LogP contribution in [0.25, 0.3) is 0 Å². The fourth-order valence-electron chi connectivity index (χ4n) is 12.2. The van der Waals surface area contributed by atoms with Crippen LogP contribution in [0.1, 0.15) is 114 Å². The second-order valence-corrected chi connectivity index (χ2v) is 15.9. The van der Waals surface area contributed by atoms with Crippen molar-refractivity contribution in [2.24, 2.45) is 68.5 Å². The summed E-state index contributed by atoms with van der Waals surface area (Å²) in [5, 5.41) is 10.6. The van der Waals surface area contributed by atoms with E-state index in [9.17, 15) is 19.5 Å². The first-order valence-electron chi connectivity index (χ1n) is 15.4. The molecule has 0 aromatic carbocycles. The summed E-state index contributed by atoms with van der Waals surface area (Å²) < 4.78 is 0. The van der Waals surface area contributed by atoms with Gasteiger partial charge in [-0.2, -0.15) is 0 Å². The number of ketones is 2. The number of carboxylic acids is 1. The summed E-state index contributed by atoms with van der Waals surface area (Å²) in [6.07, 6.45) is 9.97. The minimum Gasteiger partial charge on any atom is -0.481 e. The number of Topliss-reactive ketones (excluding diaryl/α,β-unsaturated/α-hetero) is 2. The zero-order valence-electron chi connectivity index (χ0n) is 25.4. The Morgan fingerprint density at radius 2 is 1.53 bits per heavy atom. The molecule has 5 aliphatic carbocycles. The summed E-state index contributed by atoms with van der Waals surface area (Å²) in [5.74, 6) is 1.16. The van der Waals surface area contributed by atoms with E-state index in [1.165, 1.54) is 5.57 Å². The smallest absolute Gasteiger partial charge is 0.310 e. The Bertz CT molecular complexity index is 1090. The van der Waals surface area contributed by atoms with Gasteiger partial charge >= 0.3 is 5.97 Å². The molecular weight excluding hydrogens is 472 g/mol. The maximum absolute atomic E-state index is 13.1. The third-order valence-corrected chi connectivity index (χ3v) is 14.4. The molecule has 0 saturated heterocycles. The third-order valence-electron chi connectivity index (χ3n) is 14.4. The molecule has 0 bridgehead atoms. The zero-order valence-corrected chi connectivity index (χ0v) is 25.4. The van der Waals surface area contributed by atoms with Gasteiger partial charge < -0.3 is 5.11 Å². The van der Waals surface area contributed by atoms with E-state index in [-0.39, 0.29) is 51.0 Å². The van der Waals surface area contributed by atoms with E-state index >= 15 is 0 Å². The minimum atomic E-state index is -0.622. The van der Waals surface area contributed by atoms with Crippen LogP contribution in [-0.4, -0.2) is 22.6 Å². The van der Waals surface area contributed by atoms with Crippen LogP contribution in [0.15, 0.2) is 11.6 Å². The lowest BCUT2D eigenvalue weighted by molar-refractivity contribution is -0.208. The molecule has 0 aromatic rings. The first kappa shape index (κ1) is 28.1. The molecule has 5 aliphatic rings. The number of allylic oxidation sites excluding steroid dienone is 2. The van der Waals surface area contributed by atoms with Crippen molar-refractivity contribution in [3.8, 4) is 0 Å². The Morgan fingerprint density at radius 1 is 0.868 bits per heavy atom. The highest BCUT2D eigenvalue weighted by atomic mass is 16.4. The number of carbonyl (C=O) groups excluding carboxylic acids is 2. The van der Waals surface area contributed by atoms with Crippen molar-refractivity contribution >= 4 is 17.5 Å². The predicted octanol–water partition coefficient (Wildman–Crippen LogP) is 7.75. The van der Waals surface area contributed by atoms with Gasteiger partial charge in [-0.15, -0.1) is 0 Å². The van der Waals surface area contributed by atoms with Gasteiger partial charge in [0.2, 0.25) is 0 Å². The van der Waals surface area contributed by atoms with E-state index in [1.54, 1.807) is 13.8 Å². The van der Waals surface area contributed by atoms with Crippen LogP contribution in [0.4, 0.5) is 0 Å². The summed E-state index contributed by atoms with van der Waals surface area (Å²) >= 11 is 0. The number of aliphatic carboxylic acids is 1. The van der Waals surface area contributed by atoms with Gasteiger partial charge in [-0.1, -0.05) is 60.1 Å². The topological polar surface area (TPSA) is 71.4 Å². The van der Waals surface area contributed by atoms with Crippen LogP contribution < -0.4 is 0 Å². The van der Waals surface area contributed by atoms with Crippen molar-refractivity contribution in [2.45, 2.75) is 114 Å². The van der Waals surface area contributed by atoms with E-state index in [0.717, 1.165) is 51.4 Å². The largest absolute Gasteiger partial charge is 0.481 e. The first-order valence-corrected chi connectivity index (χ1v) is 15.4. The Morgan fingerprint density at radius 3 is 2.11 bits per heavy atom.